The summed E-state index contributed by atoms with van der Waals surface area (Å²) in [4.78, 5) is 27.8. The third kappa shape index (κ3) is 6.18. The van der Waals surface area contributed by atoms with E-state index < -0.39 is 12.0 Å². The number of H-pyrrole nitrogens is 1. The van der Waals surface area contributed by atoms with Crippen molar-refractivity contribution >= 4 is 33.6 Å². The lowest BCUT2D eigenvalue weighted by molar-refractivity contribution is -0.139. The van der Waals surface area contributed by atoms with Crippen molar-refractivity contribution in [3.8, 4) is 5.75 Å². The van der Waals surface area contributed by atoms with E-state index in [9.17, 15) is 14.7 Å². The molecule has 0 radical (unpaired) electrons. The monoisotopic (exact) mass is 518 g/mol. The third-order valence-corrected chi connectivity index (χ3v) is 6.74. The van der Waals surface area contributed by atoms with Crippen LogP contribution in [0.4, 0.5) is 0 Å². The second-order valence-electron chi connectivity index (χ2n) is 9.55. The number of carbonyl (C=O) groups is 2. The number of aromatic amines is 1. The number of carboxylic acids is 1. The van der Waals surface area contributed by atoms with E-state index >= 15 is 0 Å². The highest BCUT2D eigenvalue weighted by Crippen LogP contribution is 2.27. The normalized spacial score (nSPS) is 12.4. The molecule has 1 unspecified atom stereocenters. The van der Waals surface area contributed by atoms with Gasteiger partial charge in [0.05, 0.1) is 6.61 Å². The number of hydrogen-bond acceptors (Lipinski definition) is 4. The summed E-state index contributed by atoms with van der Waals surface area (Å²) < 4.78 is 6.00. The number of rotatable bonds is 11. The third-order valence-electron chi connectivity index (χ3n) is 6.74. The van der Waals surface area contributed by atoms with E-state index in [0.717, 1.165) is 28.8 Å². The van der Waals surface area contributed by atoms with Gasteiger partial charge in [0.1, 0.15) is 11.8 Å². The van der Waals surface area contributed by atoms with Gasteiger partial charge < -0.3 is 20.1 Å². The number of aromatic nitrogens is 1. The summed E-state index contributed by atoms with van der Waals surface area (Å²) in [5.41, 5.74) is 5.37. The van der Waals surface area contributed by atoms with Crippen molar-refractivity contribution < 1.29 is 19.4 Å². The fourth-order valence-corrected chi connectivity index (χ4v) is 4.78. The number of ketones is 1. The van der Waals surface area contributed by atoms with Gasteiger partial charge >= 0.3 is 5.97 Å². The van der Waals surface area contributed by atoms with Gasteiger partial charge in [-0.2, -0.15) is 0 Å². The first-order chi connectivity index (χ1) is 19.0. The minimum atomic E-state index is -0.985. The maximum Gasteiger partial charge on any atom is 0.326 e. The van der Waals surface area contributed by atoms with Crippen LogP contribution in [0.1, 0.15) is 28.4 Å². The highest BCUT2D eigenvalue weighted by Gasteiger charge is 2.18. The van der Waals surface area contributed by atoms with Crippen LogP contribution < -0.4 is 10.1 Å². The number of ether oxygens (including phenoxy) is 1. The molecule has 39 heavy (non-hydrogen) atoms. The van der Waals surface area contributed by atoms with Crippen LogP contribution in [-0.4, -0.2) is 34.5 Å². The average molecular weight is 519 g/mol. The topological polar surface area (TPSA) is 91.4 Å². The Hall–Kier alpha value is -4.84. The molecule has 0 bridgehead atoms. The van der Waals surface area contributed by atoms with Gasteiger partial charge in [0, 0.05) is 52.0 Å². The zero-order chi connectivity index (χ0) is 27.2. The summed E-state index contributed by atoms with van der Waals surface area (Å²) >= 11 is 0. The average Bonchev–Trinajstić information content (AvgIpc) is 3.33. The Labute approximate surface area is 226 Å². The van der Waals surface area contributed by atoms with Gasteiger partial charge in [0.25, 0.3) is 0 Å². The molecule has 3 N–H and O–H groups in total. The SMILES string of the molecule is CC(=CC(=O)c1ccccc1)NC(Cc1ccc(OCCc2cccc3c2[nH]c2ccccc23)cc1)C(=O)O. The molecule has 0 saturated heterocycles. The van der Waals surface area contributed by atoms with E-state index in [1.807, 2.05) is 36.4 Å². The van der Waals surface area contributed by atoms with Crippen molar-refractivity contribution in [2.45, 2.75) is 25.8 Å². The number of fused-ring (bicyclic) bond motifs is 3. The molecule has 0 aliphatic heterocycles. The van der Waals surface area contributed by atoms with Crippen molar-refractivity contribution in [3.05, 3.63) is 126 Å². The highest BCUT2D eigenvalue weighted by molar-refractivity contribution is 6.08. The summed E-state index contributed by atoms with van der Waals surface area (Å²) in [7, 11) is 0. The Morgan fingerprint density at radius 2 is 1.62 bits per heavy atom. The van der Waals surface area contributed by atoms with E-state index in [-0.39, 0.29) is 12.2 Å². The predicted octanol–water partition coefficient (Wildman–Crippen LogP) is 6.31. The first kappa shape index (κ1) is 25.8. The molecule has 1 heterocycles. The van der Waals surface area contributed by atoms with Gasteiger partial charge in [-0.1, -0.05) is 78.9 Å². The lowest BCUT2D eigenvalue weighted by Gasteiger charge is -2.16. The van der Waals surface area contributed by atoms with Crippen molar-refractivity contribution in [2.24, 2.45) is 0 Å². The molecule has 0 fully saturated rings. The maximum atomic E-state index is 12.4. The summed E-state index contributed by atoms with van der Waals surface area (Å²) in [5, 5.41) is 15.1. The Kier molecular flexibility index (Phi) is 7.73. The molecular weight excluding hydrogens is 488 g/mol. The number of aliphatic carboxylic acids is 1. The van der Waals surface area contributed by atoms with Crippen molar-refractivity contribution in [1.82, 2.24) is 10.3 Å². The molecule has 196 valence electrons. The number of benzene rings is 4. The number of hydrogen-bond donors (Lipinski definition) is 3. The zero-order valence-electron chi connectivity index (χ0n) is 21.7. The first-order valence-electron chi connectivity index (χ1n) is 12.9. The van der Waals surface area contributed by atoms with Gasteiger partial charge in [-0.3, -0.25) is 4.79 Å². The molecule has 6 heteroatoms. The fraction of sp³-hybridized carbons (Fsp3) is 0.152. The Balaban J connectivity index is 1.18. The molecule has 0 spiro atoms. The smallest absolute Gasteiger partial charge is 0.326 e. The molecular formula is C33H30N2O4. The van der Waals surface area contributed by atoms with E-state index in [2.05, 4.69) is 46.7 Å². The Bertz CT molecular complexity index is 1640. The van der Waals surface area contributed by atoms with Crippen LogP contribution in [0.2, 0.25) is 0 Å². The van der Waals surface area contributed by atoms with Crippen molar-refractivity contribution in [2.75, 3.05) is 6.61 Å². The van der Waals surface area contributed by atoms with Gasteiger partial charge in [0.15, 0.2) is 5.78 Å². The zero-order valence-corrected chi connectivity index (χ0v) is 21.7. The van der Waals surface area contributed by atoms with Crippen LogP contribution >= 0.6 is 0 Å². The van der Waals surface area contributed by atoms with E-state index in [4.69, 9.17) is 4.74 Å². The van der Waals surface area contributed by atoms with Gasteiger partial charge in [-0.15, -0.1) is 0 Å². The molecule has 0 aliphatic carbocycles. The summed E-state index contributed by atoms with van der Waals surface area (Å²) in [6.45, 7) is 2.22. The second-order valence-corrected chi connectivity index (χ2v) is 9.55. The molecule has 1 atom stereocenters. The van der Waals surface area contributed by atoms with E-state index in [1.54, 1.807) is 31.2 Å². The van der Waals surface area contributed by atoms with Crippen LogP contribution in [0.25, 0.3) is 21.8 Å². The summed E-state index contributed by atoms with van der Waals surface area (Å²) in [5.74, 6) is -0.430. The van der Waals surface area contributed by atoms with Crippen LogP contribution in [0.5, 0.6) is 5.75 Å². The molecule has 6 nitrogen and oxygen atoms in total. The molecule has 4 aromatic carbocycles. The van der Waals surface area contributed by atoms with Gasteiger partial charge in [-0.05, 0) is 36.2 Å². The molecule has 0 aliphatic rings. The largest absolute Gasteiger partial charge is 0.493 e. The fourth-order valence-electron chi connectivity index (χ4n) is 4.78. The minimum Gasteiger partial charge on any atom is -0.493 e. The quantitative estimate of drug-likeness (QED) is 0.141. The predicted molar refractivity (Wildman–Crippen MR) is 154 cm³/mol. The van der Waals surface area contributed by atoms with Crippen LogP contribution in [0.3, 0.4) is 0 Å². The number of carbonyl (C=O) groups excluding carboxylic acids is 1. The Morgan fingerprint density at radius 3 is 2.38 bits per heavy atom. The first-order valence-corrected chi connectivity index (χ1v) is 12.9. The molecule has 5 rings (SSSR count). The standard InChI is InChI=1S/C33H30N2O4/c1-22(20-31(36)24-8-3-2-4-9-24)34-30(33(37)38)21-23-14-16-26(17-15-23)39-19-18-25-10-7-12-28-27-11-5-6-13-29(27)35-32(25)28/h2-17,20,30,34-35H,18-19,21H2,1H3,(H,37,38). The van der Waals surface area contributed by atoms with E-state index in [0.29, 0.717) is 17.9 Å². The molecule has 0 saturated carbocycles. The van der Waals surface area contributed by atoms with Crippen molar-refractivity contribution in [1.29, 1.82) is 0 Å². The van der Waals surface area contributed by atoms with E-state index in [1.165, 1.54) is 22.4 Å². The molecule has 1 aromatic heterocycles. The maximum absolute atomic E-state index is 12.4. The lowest BCUT2D eigenvalue weighted by atomic mass is 10.0. The second kappa shape index (κ2) is 11.7. The van der Waals surface area contributed by atoms with Crippen LogP contribution in [0, 0.1) is 0 Å². The molecule has 5 aromatic rings. The summed E-state index contributed by atoms with van der Waals surface area (Å²) in [6, 6.07) is 30.1. The lowest BCUT2D eigenvalue weighted by Crippen LogP contribution is -2.37. The van der Waals surface area contributed by atoms with Gasteiger partial charge in [0.2, 0.25) is 0 Å². The molecule has 0 amide bonds. The number of para-hydroxylation sites is 2. The number of allylic oxidation sites excluding steroid dienone is 2. The highest BCUT2D eigenvalue weighted by atomic mass is 16.5. The van der Waals surface area contributed by atoms with Crippen LogP contribution in [0.15, 0.2) is 109 Å². The number of nitrogens with one attached hydrogen (secondary N) is 2. The van der Waals surface area contributed by atoms with Gasteiger partial charge in [-0.25, -0.2) is 4.79 Å². The number of carboxylic acid groups (broad SMARTS) is 1. The Morgan fingerprint density at radius 1 is 0.897 bits per heavy atom. The summed E-state index contributed by atoms with van der Waals surface area (Å²) in [6.07, 6.45) is 2.45. The van der Waals surface area contributed by atoms with Crippen molar-refractivity contribution in [3.63, 3.8) is 0 Å². The minimum absolute atomic E-state index is 0.174. The van der Waals surface area contributed by atoms with Crippen LogP contribution in [-0.2, 0) is 17.6 Å².